The van der Waals surface area contributed by atoms with Crippen molar-refractivity contribution in [2.75, 3.05) is 6.61 Å². The van der Waals surface area contributed by atoms with Crippen LogP contribution in [0.15, 0.2) is 59.5 Å². The van der Waals surface area contributed by atoms with Crippen LogP contribution in [0.4, 0.5) is 0 Å². The molecule has 0 amide bonds. The number of hydrogen-bond donors (Lipinski definition) is 1. The van der Waals surface area contributed by atoms with E-state index in [1.54, 1.807) is 26.0 Å². The molecule has 0 spiro atoms. The smallest absolute Gasteiger partial charge is 0.297 e. The Morgan fingerprint density at radius 2 is 1.75 bits per heavy atom. The van der Waals surface area contributed by atoms with E-state index < -0.39 is 53.2 Å². The van der Waals surface area contributed by atoms with Gasteiger partial charge in [0.05, 0.1) is 18.1 Å². The Balaban J connectivity index is 1.44. The van der Waals surface area contributed by atoms with Crippen molar-refractivity contribution in [1.82, 2.24) is 0 Å². The summed E-state index contributed by atoms with van der Waals surface area (Å²) in [5, 5.41) is 10.8. The van der Waals surface area contributed by atoms with E-state index in [1.807, 2.05) is 37.3 Å². The molecular formula is C23H28O8S. The largest absolute Gasteiger partial charge is 0.388 e. The molecule has 8 nitrogen and oxygen atoms in total. The van der Waals surface area contributed by atoms with E-state index in [9.17, 15) is 13.5 Å². The second-order valence-electron chi connectivity index (χ2n) is 8.45. The lowest BCUT2D eigenvalue weighted by atomic mass is 10.1. The number of aryl methyl sites for hydroxylation is 1. The molecule has 2 aliphatic rings. The lowest BCUT2D eigenvalue weighted by Crippen LogP contribution is -2.44. The Labute approximate surface area is 188 Å². The minimum atomic E-state index is -4.03. The third-order valence-corrected chi connectivity index (χ3v) is 6.69. The zero-order chi connectivity index (χ0) is 22.9. The van der Waals surface area contributed by atoms with Crippen LogP contribution >= 0.6 is 0 Å². The Bertz CT molecular complexity index is 1010. The Morgan fingerprint density at radius 3 is 2.44 bits per heavy atom. The van der Waals surface area contributed by atoms with Crippen LogP contribution in [0.1, 0.15) is 25.0 Å². The molecule has 0 bridgehead atoms. The summed E-state index contributed by atoms with van der Waals surface area (Å²) in [4.78, 5) is 0.0183. The molecule has 174 valence electrons. The average Bonchev–Trinajstić information content (AvgIpc) is 3.23. The van der Waals surface area contributed by atoms with E-state index in [1.165, 1.54) is 12.1 Å². The van der Waals surface area contributed by atoms with Crippen LogP contribution in [-0.4, -0.2) is 56.6 Å². The number of rotatable bonds is 8. The number of benzene rings is 2. The van der Waals surface area contributed by atoms with Gasteiger partial charge in [0.1, 0.15) is 24.4 Å². The molecule has 2 aromatic carbocycles. The number of hydrogen-bond acceptors (Lipinski definition) is 8. The van der Waals surface area contributed by atoms with Crippen LogP contribution < -0.4 is 0 Å². The molecule has 32 heavy (non-hydrogen) atoms. The minimum Gasteiger partial charge on any atom is -0.388 e. The molecule has 2 heterocycles. The average molecular weight is 465 g/mol. The zero-order valence-corrected chi connectivity index (χ0v) is 19.0. The van der Waals surface area contributed by atoms with E-state index >= 15 is 0 Å². The van der Waals surface area contributed by atoms with Gasteiger partial charge in [-0.15, -0.1) is 0 Å². The Kier molecular flexibility index (Phi) is 6.69. The van der Waals surface area contributed by atoms with Crippen LogP contribution in [0.2, 0.25) is 0 Å². The summed E-state index contributed by atoms with van der Waals surface area (Å²) in [6, 6.07) is 15.8. The van der Waals surface area contributed by atoms with Gasteiger partial charge in [0.2, 0.25) is 0 Å². The fourth-order valence-corrected chi connectivity index (χ4v) is 4.72. The van der Waals surface area contributed by atoms with Crippen molar-refractivity contribution < 1.29 is 36.7 Å². The molecule has 2 fully saturated rings. The van der Waals surface area contributed by atoms with Gasteiger partial charge in [-0.05, 0) is 38.5 Å². The molecule has 0 aromatic heterocycles. The molecule has 0 saturated carbocycles. The molecule has 2 aromatic rings. The van der Waals surface area contributed by atoms with Crippen LogP contribution in [0.5, 0.6) is 0 Å². The summed E-state index contributed by atoms with van der Waals surface area (Å²) in [5.74, 6) is -0.856. The molecule has 5 atom stereocenters. The number of ether oxygens (including phenoxy) is 4. The molecule has 0 radical (unpaired) electrons. The van der Waals surface area contributed by atoms with Crippen molar-refractivity contribution in [3.63, 3.8) is 0 Å². The maximum Gasteiger partial charge on any atom is 0.297 e. The highest BCUT2D eigenvalue weighted by Gasteiger charge is 2.57. The predicted octanol–water partition coefficient (Wildman–Crippen LogP) is 2.52. The van der Waals surface area contributed by atoms with Crippen molar-refractivity contribution in [3.8, 4) is 0 Å². The maximum absolute atomic E-state index is 12.5. The highest BCUT2D eigenvalue weighted by Crippen LogP contribution is 2.40. The first-order valence-electron chi connectivity index (χ1n) is 10.5. The quantitative estimate of drug-likeness (QED) is 0.595. The fourth-order valence-electron chi connectivity index (χ4n) is 3.80. The van der Waals surface area contributed by atoms with Gasteiger partial charge >= 0.3 is 0 Å². The highest BCUT2D eigenvalue weighted by atomic mass is 32.2. The van der Waals surface area contributed by atoms with Crippen molar-refractivity contribution in [3.05, 3.63) is 65.7 Å². The van der Waals surface area contributed by atoms with E-state index in [-0.39, 0.29) is 11.5 Å². The summed E-state index contributed by atoms with van der Waals surface area (Å²) in [7, 11) is -4.03. The molecule has 9 heteroatoms. The van der Waals surface area contributed by atoms with Crippen LogP contribution in [0.25, 0.3) is 0 Å². The first kappa shape index (κ1) is 23.3. The maximum atomic E-state index is 12.5. The highest BCUT2D eigenvalue weighted by molar-refractivity contribution is 7.86. The molecule has 0 aliphatic carbocycles. The SMILES string of the molecule is Cc1ccc(S(=O)(=O)OCC(O)[C@H]2O[C@@H]3OC(C)(C)OC3[C@H]2OCc2ccccc2)cc1. The molecule has 2 aliphatic heterocycles. The van der Waals surface area contributed by atoms with Gasteiger partial charge in [-0.25, -0.2) is 0 Å². The Morgan fingerprint density at radius 1 is 1.06 bits per heavy atom. The molecule has 2 unspecified atom stereocenters. The van der Waals surface area contributed by atoms with Gasteiger partial charge in [-0.1, -0.05) is 48.0 Å². The summed E-state index contributed by atoms with van der Waals surface area (Å²) in [6.07, 6.45) is -4.15. The third kappa shape index (κ3) is 5.20. The summed E-state index contributed by atoms with van der Waals surface area (Å²) >= 11 is 0. The molecule has 1 N–H and O–H groups in total. The monoisotopic (exact) mass is 464 g/mol. The number of aliphatic hydroxyl groups is 1. The standard InChI is InChI=1S/C23H28O8S/c1-15-9-11-17(12-10-15)32(25,26)28-14-18(24)19-20(27-13-16-7-5-4-6-8-16)21-22(29-19)31-23(2,3)30-21/h4-12,18-22,24H,13-14H2,1-3H3/t18?,19-,20+,21?,22-/m1/s1. The second-order valence-corrected chi connectivity index (χ2v) is 10.1. The van der Waals surface area contributed by atoms with E-state index in [0.717, 1.165) is 11.1 Å². The molecule has 2 saturated heterocycles. The molecular weight excluding hydrogens is 436 g/mol. The lowest BCUT2D eigenvalue weighted by molar-refractivity contribution is -0.231. The van der Waals surface area contributed by atoms with Gasteiger partial charge in [0.15, 0.2) is 12.1 Å². The summed E-state index contributed by atoms with van der Waals surface area (Å²) in [5.41, 5.74) is 1.87. The van der Waals surface area contributed by atoms with Crippen LogP contribution in [0.3, 0.4) is 0 Å². The van der Waals surface area contributed by atoms with Crippen molar-refractivity contribution in [2.45, 2.75) is 68.8 Å². The fraction of sp³-hybridized carbons (Fsp3) is 0.478. The van der Waals surface area contributed by atoms with E-state index in [0.29, 0.717) is 0 Å². The first-order valence-corrected chi connectivity index (χ1v) is 11.9. The lowest BCUT2D eigenvalue weighted by Gasteiger charge is -2.28. The van der Waals surface area contributed by atoms with E-state index in [4.69, 9.17) is 23.1 Å². The van der Waals surface area contributed by atoms with Crippen molar-refractivity contribution in [1.29, 1.82) is 0 Å². The summed E-state index contributed by atoms with van der Waals surface area (Å²) < 4.78 is 53.7. The first-order chi connectivity index (χ1) is 15.1. The van der Waals surface area contributed by atoms with Gasteiger partial charge in [-0.3, -0.25) is 4.18 Å². The topological polar surface area (TPSA) is 101 Å². The predicted molar refractivity (Wildman–Crippen MR) is 114 cm³/mol. The molecule has 4 rings (SSSR count). The normalized spacial score (nSPS) is 27.9. The number of fused-ring (bicyclic) bond motifs is 1. The van der Waals surface area contributed by atoms with Gasteiger partial charge in [0, 0.05) is 0 Å². The van der Waals surface area contributed by atoms with Crippen molar-refractivity contribution >= 4 is 10.1 Å². The third-order valence-electron chi connectivity index (χ3n) is 5.40. The Hall–Kier alpha value is -1.85. The number of aliphatic hydroxyl groups excluding tert-OH is 1. The second kappa shape index (κ2) is 9.18. The summed E-state index contributed by atoms with van der Waals surface area (Å²) in [6.45, 7) is 5.18. The zero-order valence-electron chi connectivity index (χ0n) is 18.2. The van der Waals surface area contributed by atoms with Crippen LogP contribution in [-0.2, 0) is 39.9 Å². The van der Waals surface area contributed by atoms with E-state index in [2.05, 4.69) is 0 Å². The van der Waals surface area contributed by atoms with Crippen LogP contribution in [0, 0.1) is 6.92 Å². The van der Waals surface area contributed by atoms with Gasteiger partial charge in [0.25, 0.3) is 10.1 Å². The van der Waals surface area contributed by atoms with Gasteiger partial charge < -0.3 is 24.1 Å². The van der Waals surface area contributed by atoms with Gasteiger partial charge in [-0.2, -0.15) is 8.42 Å². The minimum absolute atomic E-state index is 0.0183. The van der Waals surface area contributed by atoms with Crippen molar-refractivity contribution in [2.24, 2.45) is 0 Å².